The minimum atomic E-state index is -0.446. The molecule has 0 saturated heterocycles. The van der Waals surface area contributed by atoms with E-state index in [-0.39, 0.29) is 0 Å². The molecule has 0 saturated carbocycles. The first kappa shape index (κ1) is 23.8. The van der Waals surface area contributed by atoms with E-state index in [0.29, 0.717) is 0 Å². The minimum Gasteiger partial charge on any atom is -0.456 e. The summed E-state index contributed by atoms with van der Waals surface area (Å²) in [5, 5.41) is 4.42. The highest BCUT2D eigenvalue weighted by atomic mass is 16.3. The summed E-state index contributed by atoms with van der Waals surface area (Å²) < 4.78 is 16.3. The summed E-state index contributed by atoms with van der Waals surface area (Å²) in [7, 11) is 4.11. The van der Waals surface area contributed by atoms with Gasteiger partial charge in [0.15, 0.2) is 0 Å². The minimum absolute atomic E-state index is 0.446. The second kappa shape index (κ2) is 8.45. The van der Waals surface area contributed by atoms with Crippen molar-refractivity contribution < 1.29 is 8.83 Å². The van der Waals surface area contributed by atoms with E-state index < -0.39 is 5.41 Å². The molecule has 6 heteroatoms. The van der Waals surface area contributed by atoms with Crippen molar-refractivity contribution in [2.75, 3.05) is 0 Å². The normalized spacial score (nSPS) is 12.4. The number of benzene rings is 4. The van der Waals surface area contributed by atoms with Crippen LogP contribution in [0.5, 0.6) is 0 Å². The largest absolute Gasteiger partial charge is 0.456 e. The molecule has 0 bridgehead atoms. The van der Waals surface area contributed by atoms with Crippen LogP contribution in [-0.4, -0.2) is 19.1 Å². The average Bonchev–Trinajstić information content (AvgIpc) is 3.75. The van der Waals surface area contributed by atoms with Gasteiger partial charge in [-0.05, 0) is 62.4 Å². The Kier molecular flexibility index (Phi) is 4.90. The number of fused-ring (bicyclic) bond motifs is 6. The van der Waals surface area contributed by atoms with Crippen LogP contribution in [0.15, 0.2) is 106 Å². The summed E-state index contributed by atoms with van der Waals surface area (Å²) in [5.41, 5.74) is 7.08. The van der Waals surface area contributed by atoms with Crippen molar-refractivity contribution in [1.29, 1.82) is 0 Å². The molecule has 0 aliphatic rings. The zero-order valence-corrected chi connectivity index (χ0v) is 23.3. The van der Waals surface area contributed by atoms with Gasteiger partial charge in [-0.1, -0.05) is 36.4 Å². The molecule has 41 heavy (non-hydrogen) atoms. The SMILES string of the molecule is Cn1cc(-c2ccc3oc4ccccc4c3c2)nc1C(C)(C)c1nc(-c2ccc3oc4ccccc4c3c2)cn1C. The molecule has 0 fully saturated rings. The van der Waals surface area contributed by atoms with Gasteiger partial charge in [0.05, 0.1) is 16.8 Å². The van der Waals surface area contributed by atoms with E-state index in [1.165, 1.54) is 0 Å². The summed E-state index contributed by atoms with van der Waals surface area (Å²) in [6.07, 6.45) is 4.20. The second-order valence-corrected chi connectivity index (χ2v) is 11.4. The zero-order valence-electron chi connectivity index (χ0n) is 23.3. The van der Waals surface area contributed by atoms with Crippen LogP contribution in [0.25, 0.3) is 66.4 Å². The van der Waals surface area contributed by atoms with Crippen molar-refractivity contribution in [1.82, 2.24) is 19.1 Å². The number of aromatic nitrogens is 4. The quantitative estimate of drug-likeness (QED) is 0.226. The third-order valence-corrected chi connectivity index (χ3v) is 8.22. The van der Waals surface area contributed by atoms with E-state index in [9.17, 15) is 0 Å². The third-order valence-electron chi connectivity index (χ3n) is 8.22. The van der Waals surface area contributed by atoms with Gasteiger partial charge in [-0.15, -0.1) is 0 Å². The fourth-order valence-corrected chi connectivity index (χ4v) is 6.24. The molecule has 4 aromatic carbocycles. The molecule has 0 N–H and O–H groups in total. The Morgan fingerprint density at radius 2 is 0.951 bits per heavy atom. The predicted octanol–water partition coefficient (Wildman–Crippen LogP) is 8.61. The van der Waals surface area contributed by atoms with Gasteiger partial charge in [0.1, 0.15) is 34.0 Å². The number of aryl methyl sites for hydroxylation is 2. The summed E-state index contributed by atoms with van der Waals surface area (Å²) in [4.78, 5) is 10.3. The lowest BCUT2D eigenvalue weighted by molar-refractivity contribution is 0.510. The zero-order chi connectivity index (χ0) is 27.9. The smallest absolute Gasteiger partial charge is 0.135 e. The number of hydrogen-bond acceptors (Lipinski definition) is 4. The van der Waals surface area contributed by atoms with Gasteiger partial charge in [-0.25, -0.2) is 9.97 Å². The fourth-order valence-electron chi connectivity index (χ4n) is 6.24. The molecular weight excluding hydrogens is 508 g/mol. The molecule has 8 aromatic rings. The maximum Gasteiger partial charge on any atom is 0.135 e. The van der Waals surface area contributed by atoms with Crippen LogP contribution in [0, 0.1) is 0 Å². The number of furan rings is 2. The highest BCUT2D eigenvalue weighted by Crippen LogP contribution is 2.37. The Morgan fingerprint density at radius 1 is 0.537 bits per heavy atom. The third kappa shape index (κ3) is 3.57. The van der Waals surface area contributed by atoms with Gasteiger partial charge in [0.25, 0.3) is 0 Å². The maximum absolute atomic E-state index is 6.03. The number of nitrogens with zero attached hydrogens (tertiary/aromatic N) is 4. The summed E-state index contributed by atoms with van der Waals surface area (Å²) in [6.45, 7) is 4.37. The van der Waals surface area contributed by atoms with Crippen molar-refractivity contribution in [3.63, 3.8) is 0 Å². The molecule has 0 aliphatic heterocycles. The molecule has 8 rings (SSSR count). The van der Waals surface area contributed by atoms with Crippen LogP contribution in [0.4, 0.5) is 0 Å². The lowest BCUT2D eigenvalue weighted by atomic mass is 9.91. The van der Waals surface area contributed by atoms with Gasteiger partial charge in [0.2, 0.25) is 0 Å². The summed E-state index contributed by atoms with van der Waals surface area (Å²) >= 11 is 0. The Balaban J connectivity index is 1.18. The monoisotopic (exact) mass is 536 g/mol. The Bertz CT molecular complexity index is 2110. The van der Waals surface area contributed by atoms with E-state index in [4.69, 9.17) is 18.8 Å². The van der Waals surface area contributed by atoms with Crippen molar-refractivity contribution in [2.24, 2.45) is 14.1 Å². The average molecular weight is 537 g/mol. The van der Waals surface area contributed by atoms with Crippen molar-refractivity contribution in [3.8, 4) is 22.5 Å². The van der Waals surface area contributed by atoms with E-state index in [2.05, 4.69) is 85.9 Å². The topological polar surface area (TPSA) is 61.9 Å². The summed E-state index contributed by atoms with van der Waals surface area (Å²) in [5.74, 6) is 1.89. The first-order valence-corrected chi connectivity index (χ1v) is 13.8. The fraction of sp³-hybridized carbons (Fsp3) is 0.143. The highest BCUT2D eigenvalue weighted by Gasteiger charge is 2.33. The van der Waals surface area contributed by atoms with E-state index >= 15 is 0 Å². The second-order valence-electron chi connectivity index (χ2n) is 11.4. The molecule has 4 heterocycles. The number of rotatable bonds is 4. The standard InChI is InChI=1S/C35H28N4O2/c1-35(2,33-36-27(19-38(33)3)21-13-15-31-25(17-21)23-9-5-7-11-29(23)40-31)34-37-28(20-39(34)4)22-14-16-32-26(18-22)24-10-6-8-12-30(24)41-32/h5-20H,1-4H3. The predicted molar refractivity (Wildman–Crippen MR) is 164 cm³/mol. The number of para-hydroxylation sites is 2. The summed E-state index contributed by atoms with van der Waals surface area (Å²) in [6, 6.07) is 28.9. The van der Waals surface area contributed by atoms with Crippen LogP contribution in [0.2, 0.25) is 0 Å². The maximum atomic E-state index is 6.03. The van der Waals surface area contributed by atoms with Crippen molar-refractivity contribution >= 4 is 43.9 Å². The Hall–Kier alpha value is -5.10. The van der Waals surface area contributed by atoms with Gasteiger partial charge in [0, 0.05) is 59.2 Å². The van der Waals surface area contributed by atoms with Gasteiger partial charge in [-0.3, -0.25) is 0 Å². The molecular formula is C35H28N4O2. The number of hydrogen-bond donors (Lipinski definition) is 0. The molecule has 200 valence electrons. The molecule has 0 radical (unpaired) electrons. The van der Waals surface area contributed by atoms with Crippen molar-refractivity contribution in [3.05, 3.63) is 109 Å². The van der Waals surface area contributed by atoms with Gasteiger partial charge >= 0.3 is 0 Å². The van der Waals surface area contributed by atoms with Gasteiger partial charge in [-0.2, -0.15) is 0 Å². The molecule has 0 aliphatic carbocycles. The molecule has 0 amide bonds. The molecule has 0 unspecified atom stereocenters. The molecule has 6 nitrogen and oxygen atoms in total. The van der Waals surface area contributed by atoms with E-state index in [0.717, 1.165) is 78.0 Å². The molecule has 0 atom stereocenters. The Morgan fingerprint density at radius 3 is 1.41 bits per heavy atom. The van der Waals surface area contributed by atoms with Crippen molar-refractivity contribution in [2.45, 2.75) is 19.3 Å². The first-order chi connectivity index (χ1) is 19.9. The van der Waals surface area contributed by atoms with Crippen LogP contribution in [0.3, 0.4) is 0 Å². The van der Waals surface area contributed by atoms with E-state index in [1.54, 1.807) is 0 Å². The molecule has 0 spiro atoms. The lowest BCUT2D eigenvalue weighted by Crippen LogP contribution is -2.27. The van der Waals surface area contributed by atoms with E-state index in [1.807, 2.05) is 48.5 Å². The van der Waals surface area contributed by atoms with Crippen LogP contribution < -0.4 is 0 Å². The number of imidazole rings is 2. The molecule has 4 aromatic heterocycles. The van der Waals surface area contributed by atoms with Crippen LogP contribution in [-0.2, 0) is 19.5 Å². The van der Waals surface area contributed by atoms with Gasteiger partial charge < -0.3 is 18.0 Å². The van der Waals surface area contributed by atoms with Crippen LogP contribution >= 0.6 is 0 Å². The first-order valence-electron chi connectivity index (χ1n) is 13.8. The Labute approximate surface area is 236 Å². The van der Waals surface area contributed by atoms with Crippen LogP contribution in [0.1, 0.15) is 25.5 Å². The lowest BCUT2D eigenvalue weighted by Gasteiger charge is -2.23. The highest BCUT2D eigenvalue weighted by molar-refractivity contribution is 6.07.